The fourth-order valence-corrected chi connectivity index (χ4v) is 3.46. The molecule has 2 heterocycles. The first-order chi connectivity index (χ1) is 13.1. The third-order valence-corrected chi connectivity index (χ3v) is 4.85. The number of fused-ring (bicyclic) bond motifs is 1. The van der Waals surface area contributed by atoms with Crippen LogP contribution in [0.2, 0.25) is 0 Å². The second kappa shape index (κ2) is 7.20. The molecular formula is C20H16FN3O2S. The van der Waals surface area contributed by atoms with Gasteiger partial charge in [-0.3, -0.25) is 9.20 Å². The molecule has 4 rings (SSSR count). The van der Waals surface area contributed by atoms with Crippen molar-refractivity contribution in [1.82, 2.24) is 9.38 Å². The van der Waals surface area contributed by atoms with Crippen molar-refractivity contribution in [3.05, 3.63) is 71.5 Å². The number of imidazole rings is 1. The second-order valence-electron chi connectivity index (χ2n) is 5.97. The number of para-hydroxylation sites is 1. The molecule has 0 bridgehead atoms. The number of hydrogen-bond donors (Lipinski definition) is 1. The lowest BCUT2D eigenvalue weighted by atomic mass is 10.1. The fraction of sp³-hybridized carbons (Fsp3) is 0.100. The molecule has 2 aromatic heterocycles. The van der Waals surface area contributed by atoms with Gasteiger partial charge in [0.25, 0.3) is 5.91 Å². The number of aryl methyl sites for hydroxylation is 1. The molecule has 0 aliphatic rings. The van der Waals surface area contributed by atoms with Crippen LogP contribution in [0.3, 0.4) is 0 Å². The molecule has 0 aliphatic carbocycles. The van der Waals surface area contributed by atoms with Crippen molar-refractivity contribution in [2.45, 2.75) is 6.92 Å². The molecule has 4 aromatic rings. The Morgan fingerprint density at radius 2 is 2.00 bits per heavy atom. The number of ether oxygens (including phenoxy) is 1. The lowest BCUT2D eigenvalue weighted by Gasteiger charge is -2.10. The highest BCUT2D eigenvalue weighted by Crippen LogP contribution is 2.30. The van der Waals surface area contributed by atoms with Crippen LogP contribution in [-0.2, 0) is 4.79 Å². The number of anilines is 1. The van der Waals surface area contributed by atoms with Crippen LogP contribution >= 0.6 is 11.3 Å². The zero-order valence-corrected chi connectivity index (χ0v) is 15.3. The van der Waals surface area contributed by atoms with E-state index in [4.69, 9.17) is 4.74 Å². The summed E-state index contributed by atoms with van der Waals surface area (Å²) in [5.74, 6) is 0.586. The van der Waals surface area contributed by atoms with Crippen molar-refractivity contribution < 1.29 is 13.9 Å². The summed E-state index contributed by atoms with van der Waals surface area (Å²) in [5.41, 5.74) is 2.27. The third kappa shape index (κ3) is 3.54. The smallest absolute Gasteiger partial charge is 0.263 e. The van der Waals surface area contributed by atoms with Gasteiger partial charge in [-0.25, -0.2) is 9.37 Å². The number of thiazole rings is 1. The van der Waals surface area contributed by atoms with Gasteiger partial charge in [0.2, 0.25) is 0 Å². The summed E-state index contributed by atoms with van der Waals surface area (Å²) in [6.45, 7) is 1.80. The topological polar surface area (TPSA) is 55.6 Å². The Morgan fingerprint density at radius 1 is 1.22 bits per heavy atom. The van der Waals surface area contributed by atoms with Gasteiger partial charge in [0, 0.05) is 17.1 Å². The van der Waals surface area contributed by atoms with Crippen molar-refractivity contribution in [1.29, 1.82) is 0 Å². The van der Waals surface area contributed by atoms with Gasteiger partial charge in [0.15, 0.2) is 11.6 Å². The SMILES string of the molecule is Cc1ccccc1OCC(=O)Nc1c(-c2ccc(F)cc2)nc2sccn12. The first-order valence-corrected chi connectivity index (χ1v) is 9.19. The number of hydrogen-bond acceptors (Lipinski definition) is 4. The van der Waals surface area contributed by atoms with E-state index in [0.29, 0.717) is 17.3 Å². The van der Waals surface area contributed by atoms with Crippen LogP contribution in [0.15, 0.2) is 60.1 Å². The molecule has 1 amide bonds. The van der Waals surface area contributed by atoms with Crippen LogP contribution in [-0.4, -0.2) is 21.9 Å². The number of aromatic nitrogens is 2. The molecule has 0 saturated heterocycles. The predicted octanol–water partition coefficient (Wildman–Crippen LogP) is 4.53. The quantitative estimate of drug-likeness (QED) is 0.553. The van der Waals surface area contributed by atoms with E-state index in [-0.39, 0.29) is 18.3 Å². The molecule has 0 fully saturated rings. The fourth-order valence-electron chi connectivity index (χ4n) is 2.74. The van der Waals surface area contributed by atoms with E-state index in [0.717, 1.165) is 16.1 Å². The summed E-state index contributed by atoms with van der Waals surface area (Å²) in [6.07, 6.45) is 1.83. The number of halogens is 1. The highest BCUT2D eigenvalue weighted by molar-refractivity contribution is 7.15. The van der Waals surface area contributed by atoms with Crippen LogP contribution in [0.25, 0.3) is 16.2 Å². The van der Waals surface area contributed by atoms with E-state index < -0.39 is 0 Å². The molecular weight excluding hydrogens is 365 g/mol. The lowest BCUT2D eigenvalue weighted by molar-refractivity contribution is -0.118. The Balaban J connectivity index is 1.58. The Labute approximate surface area is 159 Å². The van der Waals surface area contributed by atoms with E-state index in [1.165, 1.54) is 23.5 Å². The first-order valence-electron chi connectivity index (χ1n) is 8.31. The third-order valence-electron chi connectivity index (χ3n) is 4.09. The van der Waals surface area contributed by atoms with Crippen LogP contribution in [0, 0.1) is 12.7 Å². The Bertz CT molecular complexity index is 1100. The van der Waals surface area contributed by atoms with Gasteiger partial charge in [0.1, 0.15) is 23.1 Å². The summed E-state index contributed by atoms with van der Waals surface area (Å²) in [6, 6.07) is 13.5. The molecule has 5 nitrogen and oxygen atoms in total. The molecule has 0 spiro atoms. The minimum atomic E-state index is -0.322. The average Bonchev–Trinajstić information content (AvgIpc) is 3.24. The standard InChI is InChI=1S/C20H16FN3O2S/c1-13-4-2-3-5-16(13)26-12-17(25)22-19-18(14-6-8-15(21)9-7-14)23-20-24(19)10-11-27-20/h2-11H,12H2,1H3,(H,22,25). The largest absolute Gasteiger partial charge is 0.483 e. The van der Waals surface area contributed by atoms with Crippen molar-refractivity contribution in [3.8, 4) is 17.0 Å². The van der Waals surface area contributed by atoms with Gasteiger partial charge in [-0.1, -0.05) is 18.2 Å². The molecule has 0 aliphatic heterocycles. The highest BCUT2D eigenvalue weighted by Gasteiger charge is 2.17. The van der Waals surface area contributed by atoms with Gasteiger partial charge in [0.05, 0.1) is 0 Å². The van der Waals surface area contributed by atoms with Crippen molar-refractivity contribution in [2.24, 2.45) is 0 Å². The average molecular weight is 381 g/mol. The second-order valence-corrected chi connectivity index (χ2v) is 6.85. The Kier molecular flexibility index (Phi) is 4.60. The van der Waals surface area contributed by atoms with E-state index in [1.807, 2.05) is 42.8 Å². The van der Waals surface area contributed by atoms with Gasteiger partial charge < -0.3 is 10.1 Å². The number of amides is 1. The number of nitrogens with one attached hydrogen (secondary N) is 1. The molecule has 0 radical (unpaired) electrons. The number of carbonyl (C=O) groups is 1. The molecule has 1 N–H and O–H groups in total. The summed E-state index contributed by atoms with van der Waals surface area (Å²) < 4.78 is 20.7. The van der Waals surface area contributed by atoms with Crippen LogP contribution < -0.4 is 10.1 Å². The number of nitrogens with zero attached hydrogens (tertiary/aromatic N) is 2. The number of benzene rings is 2. The maximum absolute atomic E-state index is 13.2. The van der Waals surface area contributed by atoms with Crippen molar-refractivity contribution in [3.63, 3.8) is 0 Å². The number of rotatable bonds is 5. The van der Waals surface area contributed by atoms with E-state index in [9.17, 15) is 9.18 Å². The van der Waals surface area contributed by atoms with Crippen LogP contribution in [0.1, 0.15) is 5.56 Å². The lowest BCUT2D eigenvalue weighted by Crippen LogP contribution is -2.21. The maximum Gasteiger partial charge on any atom is 0.263 e. The zero-order chi connectivity index (χ0) is 18.8. The van der Waals surface area contributed by atoms with E-state index in [1.54, 1.807) is 16.5 Å². The number of carbonyl (C=O) groups excluding carboxylic acids is 1. The van der Waals surface area contributed by atoms with Gasteiger partial charge in [-0.05, 0) is 42.8 Å². The minimum absolute atomic E-state index is 0.120. The van der Waals surface area contributed by atoms with Gasteiger partial charge >= 0.3 is 0 Å². The Hall–Kier alpha value is -3.19. The molecule has 27 heavy (non-hydrogen) atoms. The highest BCUT2D eigenvalue weighted by atomic mass is 32.1. The molecule has 136 valence electrons. The summed E-state index contributed by atoms with van der Waals surface area (Å²) in [5, 5.41) is 4.76. The summed E-state index contributed by atoms with van der Waals surface area (Å²) in [4.78, 5) is 17.8. The molecule has 2 aromatic carbocycles. The normalized spacial score (nSPS) is 10.9. The first kappa shape index (κ1) is 17.2. The Morgan fingerprint density at radius 3 is 2.78 bits per heavy atom. The monoisotopic (exact) mass is 381 g/mol. The summed E-state index contributed by atoms with van der Waals surface area (Å²) in [7, 11) is 0. The van der Waals surface area contributed by atoms with Gasteiger partial charge in [-0.2, -0.15) is 0 Å². The molecule has 0 atom stereocenters. The van der Waals surface area contributed by atoms with Crippen molar-refractivity contribution in [2.75, 3.05) is 11.9 Å². The van der Waals surface area contributed by atoms with E-state index in [2.05, 4.69) is 10.3 Å². The van der Waals surface area contributed by atoms with Gasteiger partial charge in [-0.15, -0.1) is 11.3 Å². The summed E-state index contributed by atoms with van der Waals surface area (Å²) >= 11 is 1.45. The van der Waals surface area contributed by atoms with Crippen LogP contribution in [0.4, 0.5) is 10.2 Å². The van der Waals surface area contributed by atoms with E-state index >= 15 is 0 Å². The predicted molar refractivity (Wildman–Crippen MR) is 104 cm³/mol. The molecule has 7 heteroatoms. The minimum Gasteiger partial charge on any atom is -0.483 e. The van der Waals surface area contributed by atoms with Crippen molar-refractivity contribution >= 4 is 28.0 Å². The zero-order valence-electron chi connectivity index (χ0n) is 14.5. The molecule has 0 saturated carbocycles. The maximum atomic E-state index is 13.2. The molecule has 0 unspecified atom stereocenters. The van der Waals surface area contributed by atoms with Crippen LogP contribution in [0.5, 0.6) is 5.75 Å².